The SMILES string of the molecule is CSc1nc(Cl)c2c(n1)N1CCC[C@H]1CN(c1cccc(-c3nn(C)c(=O)o3)c1)C2=O. The molecule has 2 aliphatic rings. The molecule has 2 aromatic heterocycles. The molecule has 3 aromatic rings. The molecule has 11 heteroatoms. The largest absolute Gasteiger partial charge is 0.437 e. The van der Waals surface area contributed by atoms with Crippen LogP contribution >= 0.6 is 23.4 Å². The predicted octanol–water partition coefficient (Wildman–Crippen LogP) is 2.83. The Labute approximate surface area is 187 Å². The zero-order chi connectivity index (χ0) is 21.7. The smallest absolute Gasteiger partial charge is 0.388 e. The average molecular weight is 459 g/mol. The third-order valence-corrected chi connectivity index (χ3v) is 6.42. The molecule has 2 aliphatic heterocycles. The number of fused-ring (bicyclic) bond motifs is 3. The van der Waals surface area contributed by atoms with Gasteiger partial charge in [-0.2, -0.15) is 4.68 Å². The summed E-state index contributed by atoms with van der Waals surface area (Å²) in [6.45, 7) is 1.31. The Balaban J connectivity index is 1.61. The number of aryl methyl sites for hydroxylation is 1. The minimum absolute atomic E-state index is 0.127. The predicted molar refractivity (Wildman–Crippen MR) is 118 cm³/mol. The first-order valence-corrected chi connectivity index (χ1v) is 11.4. The molecule has 1 fully saturated rings. The van der Waals surface area contributed by atoms with Crippen molar-refractivity contribution in [1.82, 2.24) is 19.7 Å². The van der Waals surface area contributed by atoms with E-state index in [9.17, 15) is 9.59 Å². The number of carbonyl (C=O) groups is 1. The number of benzene rings is 1. The van der Waals surface area contributed by atoms with Gasteiger partial charge in [-0.3, -0.25) is 4.79 Å². The Kier molecular flexibility index (Phi) is 4.98. The molecule has 9 nitrogen and oxygen atoms in total. The lowest BCUT2D eigenvalue weighted by Gasteiger charge is -2.27. The first-order valence-electron chi connectivity index (χ1n) is 9.81. The summed E-state index contributed by atoms with van der Waals surface area (Å²) < 4.78 is 6.34. The Bertz CT molecular complexity index is 1240. The summed E-state index contributed by atoms with van der Waals surface area (Å²) in [5, 5.41) is 4.81. The molecule has 1 amide bonds. The summed E-state index contributed by atoms with van der Waals surface area (Å²) in [5.74, 6) is 0.00806. The lowest BCUT2D eigenvalue weighted by Crippen LogP contribution is -2.39. The number of rotatable bonds is 3. The molecule has 0 aliphatic carbocycles. The Morgan fingerprint density at radius 3 is 2.84 bits per heavy atom. The fraction of sp³-hybridized carbons (Fsp3) is 0.350. The Morgan fingerprint density at radius 2 is 2.10 bits per heavy atom. The van der Waals surface area contributed by atoms with Gasteiger partial charge in [0.15, 0.2) is 5.16 Å². The van der Waals surface area contributed by atoms with Crippen molar-refractivity contribution in [2.75, 3.05) is 29.1 Å². The van der Waals surface area contributed by atoms with Crippen molar-refractivity contribution in [2.45, 2.75) is 24.0 Å². The van der Waals surface area contributed by atoms with Gasteiger partial charge in [0.25, 0.3) is 5.91 Å². The van der Waals surface area contributed by atoms with E-state index >= 15 is 0 Å². The van der Waals surface area contributed by atoms with Gasteiger partial charge in [0.05, 0.1) is 0 Å². The van der Waals surface area contributed by atoms with Crippen molar-refractivity contribution in [3.05, 3.63) is 45.5 Å². The highest BCUT2D eigenvalue weighted by atomic mass is 35.5. The molecule has 0 bridgehead atoms. The molecule has 1 atom stereocenters. The van der Waals surface area contributed by atoms with Crippen LogP contribution in [0.1, 0.15) is 23.2 Å². The molecule has 31 heavy (non-hydrogen) atoms. The van der Waals surface area contributed by atoms with Gasteiger partial charge in [-0.05, 0) is 37.3 Å². The zero-order valence-corrected chi connectivity index (χ0v) is 18.5. The first-order chi connectivity index (χ1) is 15.0. The molecule has 5 rings (SSSR count). The minimum atomic E-state index is -0.546. The van der Waals surface area contributed by atoms with E-state index in [0.717, 1.165) is 24.1 Å². The molecular weight excluding hydrogens is 440 g/mol. The number of hydrogen-bond acceptors (Lipinski definition) is 8. The highest BCUT2D eigenvalue weighted by Crippen LogP contribution is 2.37. The fourth-order valence-electron chi connectivity index (χ4n) is 4.11. The highest BCUT2D eigenvalue weighted by molar-refractivity contribution is 7.98. The number of halogens is 1. The van der Waals surface area contributed by atoms with E-state index in [4.69, 9.17) is 16.0 Å². The molecule has 0 unspecified atom stereocenters. The minimum Gasteiger partial charge on any atom is -0.388 e. The number of nitrogens with zero attached hydrogens (tertiary/aromatic N) is 6. The van der Waals surface area contributed by atoms with Crippen molar-refractivity contribution in [1.29, 1.82) is 0 Å². The van der Waals surface area contributed by atoms with E-state index in [1.165, 1.54) is 18.8 Å². The fourth-order valence-corrected chi connectivity index (χ4v) is 4.77. The summed E-state index contributed by atoms with van der Waals surface area (Å²) in [6.07, 6.45) is 3.85. The standard InChI is InChI=1S/C20H19ClN6O3S/c1-25-20(29)30-17(24-25)11-5-3-6-12(9-11)27-10-13-7-4-8-26(13)16-14(18(27)28)15(21)22-19(23-16)31-2/h3,5-6,9,13H,4,7-8,10H2,1-2H3/t13-/m0/s1. The van der Waals surface area contributed by atoms with Crippen LogP contribution in [-0.4, -0.2) is 51.0 Å². The van der Waals surface area contributed by atoms with E-state index in [1.807, 2.05) is 12.3 Å². The molecule has 0 radical (unpaired) electrons. The van der Waals surface area contributed by atoms with Crippen LogP contribution in [0.5, 0.6) is 0 Å². The lowest BCUT2D eigenvalue weighted by molar-refractivity contribution is 0.0988. The van der Waals surface area contributed by atoms with Gasteiger partial charge in [0.2, 0.25) is 5.89 Å². The topological polar surface area (TPSA) is 97.4 Å². The van der Waals surface area contributed by atoms with Gasteiger partial charge < -0.3 is 14.2 Å². The molecule has 0 N–H and O–H groups in total. The summed E-state index contributed by atoms with van der Waals surface area (Å²) in [4.78, 5) is 38.1. The molecule has 160 valence electrons. The normalized spacial score (nSPS) is 18.2. The van der Waals surface area contributed by atoms with Crippen molar-refractivity contribution in [3.63, 3.8) is 0 Å². The van der Waals surface area contributed by atoms with Gasteiger partial charge in [-0.15, -0.1) is 5.10 Å². The van der Waals surface area contributed by atoms with Crippen LogP contribution in [0.4, 0.5) is 11.5 Å². The maximum atomic E-state index is 13.6. The van der Waals surface area contributed by atoms with Gasteiger partial charge in [-0.1, -0.05) is 29.4 Å². The van der Waals surface area contributed by atoms with Gasteiger partial charge >= 0.3 is 5.76 Å². The van der Waals surface area contributed by atoms with Gasteiger partial charge in [-0.25, -0.2) is 14.8 Å². The lowest BCUT2D eigenvalue weighted by atomic mass is 10.1. The molecule has 1 aromatic carbocycles. The summed E-state index contributed by atoms with van der Waals surface area (Å²) >= 11 is 7.88. The molecule has 4 heterocycles. The quantitative estimate of drug-likeness (QED) is 0.336. The molecule has 0 spiro atoms. The van der Waals surface area contributed by atoms with Crippen LogP contribution in [0.2, 0.25) is 5.15 Å². The van der Waals surface area contributed by atoms with Crippen LogP contribution in [-0.2, 0) is 7.05 Å². The van der Waals surface area contributed by atoms with Gasteiger partial charge in [0, 0.05) is 37.4 Å². The van der Waals surface area contributed by atoms with E-state index in [-0.39, 0.29) is 23.0 Å². The van der Waals surface area contributed by atoms with E-state index in [0.29, 0.717) is 34.3 Å². The molecule has 1 saturated heterocycles. The van der Waals surface area contributed by atoms with Crippen LogP contribution in [0.25, 0.3) is 11.5 Å². The number of amides is 1. The second kappa shape index (κ2) is 7.69. The van der Waals surface area contributed by atoms with Gasteiger partial charge in [0.1, 0.15) is 16.5 Å². The zero-order valence-electron chi connectivity index (χ0n) is 16.9. The summed E-state index contributed by atoms with van der Waals surface area (Å²) in [5.41, 5.74) is 1.59. The van der Waals surface area contributed by atoms with Crippen molar-refractivity contribution >= 4 is 40.8 Å². The third kappa shape index (κ3) is 3.39. The van der Waals surface area contributed by atoms with Crippen molar-refractivity contribution in [3.8, 4) is 11.5 Å². The number of hydrogen-bond donors (Lipinski definition) is 0. The Morgan fingerprint density at radius 1 is 1.26 bits per heavy atom. The van der Waals surface area contributed by atoms with E-state index < -0.39 is 5.76 Å². The second-order valence-electron chi connectivity index (χ2n) is 7.45. The third-order valence-electron chi connectivity index (χ3n) is 5.60. The average Bonchev–Trinajstić information content (AvgIpc) is 3.34. The monoisotopic (exact) mass is 458 g/mol. The maximum Gasteiger partial charge on any atom is 0.437 e. The molecular formula is C20H19ClN6O3S. The van der Waals surface area contributed by atoms with Crippen molar-refractivity contribution < 1.29 is 9.21 Å². The number of carbonyl (C=O) groups excluding carboxylic acids is 1. The molecule has 0 saturated carbocycles. The second-order valence-corrected chi connectivity index (χ2v) is 8.58. The number of anilines is 2. The Hall–Kier alpha value is -2.85. The van der Waals surface area contributed by atoms with Crippen LogP contribution in [0.3, 0.4) is 0 Å². The van der Waals surface area contributed by atoms with Crippen LogP contribution in [0, 0.1) is 0 Å². The van der Waals surface area contributed by atoms with E-state index in [2.05, 4.69) is 20.0 Å². The maximum absolute atomic E-state index is 13.6. The number of aromatic nitrogens is 4. The van der Waals surface area contributed by atoms with Crippen LogP contribution in [0.15, 0.2) is 38.6 Å². The summed E-state index contributed by atoms with van der Waals surface area (Å²) in [7, 11) is 1.52. The van der Waals surface area contributed by atoms with E-state index in [1.54, 1.807) is 23.1 Å². The van der Waals surface area contributed by atoms with Crippen LogP contribution < -0.4 is 15.6 Å². The first kappa shape index (κ1) is 20.1. The number of thioether (sulfide) groups is 1. The summed E-state index contributed by atoms with van der Waals surface area (Å²) in [6, 6.07) is 7.35. The highest BCUT2D eigenvalue weighted by Gasteiger charge is 2.39. The van der Waals surface area contributed by atoms with Crippen molar-refractivity contribution in [2.24, 2.45) is 7.05 Å².